The van der Waals surface area contributed by atoms with Crippen molar-refractivity contribution >= 4 is 23.5 Å². The Bertz CT molecular complexity index is 935. The van der Waals surface area contributed by atoms with Crippen molar-refractivity contribution in [3.05, 3.63) is 35.8 Å². The van der Waals surface area contributed by atoms with Crippen LogP contribution in [0.1, 0.15) is 52.8 Å². The predicted octanol–water partition coefficient (Wildman–Crippen LogP) is 4.08. The van der Waals surface area contributed by atoms with E-state index in [2.05, 4.69) is 37.0 Å². The van der Waals surface area contributed by atoms with Gasteiger partial charge in [-0.15, -0.1) is 0 Å². The fourth-order valence-corrected chi connectivity index (χ4v) is 3.93. The van der Waals surface area contributed by atoms with E-state index in [-0.39, 0.29) is 6.09 Å². The number of nitrogens with one attached hydrogen (secondary N) is 1. The van der Waals surface area contributed by atoms with Crippen molar-refractivity contribution in [2.24, 2.45) is 0 Å². The zero-order valence-corrected chi connectivity index (χ0v) is 21.5. The molecular formula is C25H39N7O2. The van der Waals surface area contributed by atoms with Crippen molar-refractivity contribution in [3.63, 3.8) is 0 Å². The maximum absolute atomic E-state index is 12.3. The van der Waals surface area contributed by atoms with Gasteiger partial charge in [0.2, 0.25) is 5.95 Å². The van der Waals surface area contributed by atoms with Gasteiger partial charge in [0.25, 0.3) is 0 Å². The number of ether oxygens (including phenoxy) is 1. The molecule has 0 saturated carbocycles. The van der Waals surface area contributed by atoms with Crippen LogP contribution in [-0.2, 0) is 17.7 Å². The van der Waals surface area contributed by atoms with Crippen molar-refractivity contribution in [1.29, 1.82) is 0 Å². The van der Waals surface area contributed by atoms with E-state index in [1.165, 1.54) is 0 Å². The van der Waals surface area contributed by atoms with Gasteiger partial charge in [-0.25, -0.2) is 19.7 Å². The molecule has 2 aliphatic heterocycles. The number of fused-ring (bicyclic) bond motifs is 1. The summed E-state index contributed by atoms with van der Waals surface area (Å²) >= 11 is 0. The number of hydrogen-bond acceptors (Lipinski definition) is 8. The van der Waals surface area contributed by atoms with Gasteiger partial charge >= 0.3 is 6.09 Å². The second-order valence-electron chi connectivity index (χ2n) is 9.27. The fourth-order valence-electron chi connectivity index (χ4n) is 3.93. The Morgan fingerprint density at radius 1 is 1.06 bits per heavy atom. The lowest BCUT2D eigenvalue weighted by Crippen LogP contribution is -2.46. The number of nitrogens with zero attached hydrogens (tertiary/aromatic N) is 6. The zero-order valence-electron chi connectivity index (χ0n) is 21.5. The third-order valence-electron chi connectivity index (χ3n) is 5.73. The minimum atomic E-state index is -0.505. The van der Waals surface area contributed by atoms with Crippen LogP contribution in [0, 0.1) is 0 Å². The summed E-state index contributed by atoms with van der Waals surface area (Å²) in [6, 6.07) is 4.06. The van der Waals surface area contributed by atoms with Crippen molar-refractivity contribution in [1.82, 2.24) is 24.8 Å². The Labute approximate surface area is 203 Å². The topological polar surface area (TPSA) is 86.7 Å². The van der Waals surface area contributed by atoms with Crippen LogP contribution in [0.2, 0.25) is 0 Å². The molecule has 1 fully saturated rings. The molecule has 1 N–H and O–H groups in total. The highest BCUT2D eigenvalue weighted by Crippen LogP contribution is 2.22. The van der Waals surface area contributed by atoms with Crippen LogP contribution < -0.4 is 10.2 Å². The van der Waals surface area contributed by atoms with Gasteiger partial charge in [0.1, 0.15) is 11.4 Å². The van der Waals surface area contributed by atoms with Gasteiger partial charge in [-0.3, -0.25) is 0 Å². The molecule has 0 radical (unpaired) electrons. The molecule has 1 saturated heterocycles. The van der Waals surface area contributed by atoms with E-state index in [0.717, 1.165) is 55.5 Å². The summed E-state index contributed by atoms with van der Waals surface area (Å²) in [6.07, 6.45) is 3.99. The van der Waals surface area contributed by atoms with Crippen molar-refractivity contribution in [3.8, 4) is 0 Å². The van der Waals surface area contributed by atoms with Crippen molar-refractivity contribution in [2.45, 2.75) is 60.1 Å². The summed E-state index contributed by atoms with van der Waals surface area (Å²) in [6.45, 7) is 18.1. The summed E-state index contributed by atoms with van der Waals surface area (Å²) in [5, 5.41) is 3.25. The number of piperazine rings is 1. The normalized spacial score (nSPS) is 16.3. The van der Waals surface area contributed by atoms with E-state index in [1.54, 1.807) is 11.1 Å². The molecule has 0 atom stereocenters. The van der Waals surface area contributed by atoms with Gasteiger partial charge in [0.05, 0.1) is 24.1 Å². The largest absolute Gasteiger partial charge is 0.444 e. The smallest absolute Gasteiger partial charge is 0.410 e. The SMILES string of the molecule is CC.CCN1CCN(c2ccc(Nc3ncc4c(n3)CCN(C(=O)OC(C)(C)C)C4)cn2)CC1. The molecule has 4 heterocycles. The lowest BCUT2D eigenvalue weighted by atomic mass is 10.1. The quantitative estimate of drug-likeness (QED) is 0.717. The van der Waals surface area contributed by atoms with Crippen LogP contribution in [0.5, 0.6) is 0 Å². The average molecular weight is 470 g/mol. The van der Waals surface area contributed by atoms with Gasteiger partial charge in [0.15, 0.2) is 0 Å². The Morgan fingerprint density at radius 3 is 2.41 bits per heavy atom. The maximum atomic E-state index is 12.3. The molecule has 4 rings (SSSR count). The molecular weight excluding hydrogens is 430 g/mol. The van der Waals surface area contributed by atoms with Crippen molar-refractivity contribution in [2.75, 3.05) is 49.5 Å². The number of aromatic nitrogens is 3. The molecule has 9 nitrogen and oxygen atoms in total. The van der Waals surface area contributed by atoms with Crippen LogP contribution >= 0.6 is 0 Å². The summed E-state index contributed by atoms with van der Waals surface area (Å²) in [5.41, 5.74) is 2.26. The molecule has 34 heavy (non-hydrogen) atoms. The third-order valence-corrected chi connectivity index (χ3v) is 5.73. The number of amides is 1. The number of anilines is 3. The highest BCUT2D eigenvalue weighted by molar-refractivity contribution is 5.68. The Balaban J connectivity index is 0.00000158. The molecule has 186 valence electrons. The standard InChI is InChI=1S/C23H33N7O2.C2H6/c1-5-28-10-12-29(13-11-28)20-7-6-18(15-24-20)26-21-25-14-17-16-30(9-8-19(17)27-21)22(31)32-23(2,3)4;1-2/h6-7,14-15H,5,8-13,16H2,1-4H3,(H,25,26,27);1-2H3. The molecule has 2 aliphatic rings. The summed E-state index contributed by atoms with van der Waals surface area (Å²) in [7, 11) is 0. The second kappa shape index (κ2) is 11.5. The minimum Gasteiger partial charge on any atom is -0.444 e. The van der Waals surface area contributed by atoms with Gasteiger partial charge in [0, 0.05) is 50.9 Å². The number of pyridine rings is 1. The van der Waals surface area contributed by atoms with Gasteiger partial charge in [-0.1, -0.05) is 20.8 Å². The molecule has 1 amide bonds. The molecule has 0 unspecified atom stereocenters. The number of hydrogen-bond donors (Lipinski definition) is 1. The average Bonchev–Trinajstić information content (AvgIpc) is 2.84. The first-order chi connectivity index (χ1) is 16.3. The van der Waals surface area contributed by atoms with Gasteiger partial charge < -0.3 is 24.8 Å². The Kier molecular flexibility index (Phi) is 8.66. The zero-order chi connectivity index (χ0) is 24.7. The molecule has 0 aromatic carbocycles. The predicted molar refractivity (Wildman–Crippen MR) is 136 cm³/mol. The molecule has 0 bridgehead atoms. The van der Waals surface area contributed by atoms with Crippen molar-refractivity contribution < 1.29 is 9.53 Å². The van der Waals surface area contributed by atoms with Gasteiger partial charge in [-0.2, -0.15) is 0 Å². The highest BCUT2D eigenvalue weighted by atomic mass is 16.6. The number of rotatable bonds is 4. The first-order valence-corrected chi connectivity index (χ1v) is 12.3. The lowest BCUT2D eigenvalue weighted by molar-refractivity contribution is 0.0222. The molecule has 0 aliphatic carbocycles. The first-order valence-electron chi connectivity index (χ1n) is 12.3. The molecule has 2 aromatic heterocycles. The summed E-state index contributed by atoms with van der Waals surface area (Å²) in [4.78, 5) is 32.5. The highest BCUT2D eigenvalue weighted by Gasteiger charge is 2.26. The van der Waals surface area contributed by atoms with E-state index < -0.39 is 5.60 Å². The Hall–Kier alpha value is -2.94. The second-order valence-corrected chi connectivity index (χ2v) is 9.27. The fraction of sp³-hybridized carbons (Fsp3) is 0.600. The van der Waals surface area contributed by atoms with E-state index in [1.807, 2.05) is 52.9 Å². The van der Waals surface area contributed by atoms with E-state index >= 15 is 0 Å². The molecule has 2 aromatic rings. The van der Waals surface area contributed by atoms with Crippen LogP contribution in [-0.4, -0.2) is 75.7 Å². The Morgan fingerprint density at radius 2 is 1.79 bits per heavy atom. The van der Waals surface area contributed by atoms with E-state index in [4.69, 9.17) is 4.74 Å². The van der Waals surface area contributed by atoms with Crippen LogP contribution in [0.25, 0.3) is 0 Å². The third kappa shape index (κ3) is 6.79. The van der Waals surface area contributed by atoms with Crippen LogP contribution in [0.15, 0.2) is 24.5 Å². The van der Waals surface area contributed by atoms with Gasteiger partial charge in [-0.05, 0) is 39.4 Å². The number of carbonyl (C=O) groups excluding carboxylic acids is 1. The van der Waals surface area contributed by atoms with E-state index in [9.17, 15) is 4.79 Å². The van der Waals surface area contributed by atoms with Crippen LogP contribution in [0.4, 0.5) is 22.2 Å². The first kappa shape index (κ1) is 25.7. The lowest BCUT2D eigenvalue weighted by Gasteiger charge is -2.34. The molecule has 0 spiro atoms. The number of carbonyl (C=O) groups is 1. The van der Waals surface area contributed by atoms with E-state index in [0.29, 0.717) is 25.5 Å². The maximum Gasteiger partial charge on any atom is 0.410 e. The number of likely N-dealkylation sites (N-methyl/N-ethyl adjacent to an activating group) is 1. The summed E-state index contributed by atoms with van der Waals surface area (Å²) < 4.78 is 5.48. The minimum absolute atomic E-state index is 0.298. The monoisotopic (exact) mass is 469 g/mol. The summed E-state index contributed by atoms with van der Waals surface area (Å²) in [5.74, 6) is 1.54. The van der Waals surface area contributed by atoms with Crippen LogP contribution in [0.3, 0.4) is 0 Å². The molecule has 9 heteroatoms.